The van der Waals surface area contributed by atoms with E-state index in [1.165, 1.54) is 116 Å². The zero-order valence-corrected chi connectivity index (χ0v) is 33.4. The predicted molar refractivity (Wildman–Crippen MR) is 246 cm³/mol. The smallest absolute Gasteiger partial charge is 0.253 e. The molecule has 2 aliphatic rings. The zero-order chi connectivity index (χ0) is 38.5. The average molecular weight is 731 g/mol. The van der Waals surface area contributed by atoms with Gasteiger partial charge in [-0.15, -0.1) is 0 Å². The fourth-order valence-electron chi connectivity index (χ4n) is 10.5. The Labute approximate surface area is 334 Å². The molecule has 8 aromatic carbocycles. The highest BCUT2D eigenvalue weighted by Crippen LogP contribution is 2.47. The predicted octanol–water partition coefficient (Wildman–Crippen LogP) is 12.1. The number of aromatic nitrogens is 2. The van der Waals surface area contributed by atoms with E-state index in [-0.39, 0.29) is 17.5 Å². The van der Waals surface area contributed by atoms with E-state index in [4.69, 9.17) is 0 Å². The summed E-state index contributed by atoms with van der Waals surface area (Å²) in [6.07, 6.45) is 0. The van der Waals surface area contributed by atoms with Crippen molar-refractivity contribution in [3.05, 3.63) is 163 Å². The van der Waals surface area contributed by atoms with Crippen LogP contribution >= 0.6 is 0 Å². The number of benzene rings is 8. The van der Waals surface area contributed by atoms with E-state index >= 15 is 0 Å². The van der Waals surface area contributed by atoms with Crippen LogP contribution in [-0.4, -0.2) is 15.8 Å². The van der Waals surface area contributed by atoms with Crippen LogP contribution in [0.4, 0.5) is 0 Å². The van der Waals surface area contributed by atoms with Crippen molar-refractivity contribution in [1.82, 2.24) is 9.13 Å². The van der Waals surface area contributed by atoms with Gasteiger partial charge >= 0.3 is 0 Å². The van der Waals surface area contributed by atoms with Gasteiger partial charge in [-0.3, -0.25) is 0 Å². The normalized spacial score (nSPS) is 13.4. The first-order chi connectivity index (χ1) is 27.6. The summed E-state index contributed by atoms with van der Waals surface area (Å²) in [5, 5.41) is 9.21. The maximum Gasteiger partial charge on any atom is 0.253 e. The van der Waals surface area contributed by atoms with Crippen LogP contribution in [-0.2, 0) is 10.8 Å². The van der Waals surface area contributed by atoms with Gasteiger partial charge in [0.1, 0.15) is 0 Å². The second-order valence-electron chi connectivity index (χ2n) is 18.5. The summed E-state index contributed by atoms with van der Waals surface area (Å²) in [5.74, 6) is 0. The van der Waals surface area contributed by atoms with Gasteiger partial charge in [-0.1, -0.05) is 169 Å². The SMILES string of the molecule is CC(C)(C)c1cc2c3c(c1)-n1c4cc(C(C)(C)C)ccc4c4cc5c(ccc6ccccc65)c(c41)B3c1cccc3c(-c4ccccc4)c(-c4ccccc4)n-2c13. The van der Waals surface area contributed by atoms with Gasteiger partial charge in [0.05, 0.1) is 11.2 Å². The van der Waals surface area contributed by atoms with Crippen molar-refractivity contribution in [3.8, 4) is 33.8 Å². The number of nitrogens with zero attached hydrogens (tertiary/aromatic N) is 2. The molecule has 0 unspecified atom stereocenters. The molecule has 2 aliphatic heterocycles. The van der Waals surface area contributed by atoms with Gasteiger partial charge in [-0.2, -0.15) is 0 Å². The molecule has 0 spiro atoms. The van der Waals surface area contributed by atoms with Crippen molar-refractivity contribution in [2.24, 2.45) is 0 Å². The Kier molecular flexibility index (Phi) is 6.44. The van der Waals surface area contributed by atoms with Crippen molar-refractivity contribution in [3.63, 3.8) is 0 Å². The number of hydrogen-bond donors (Lipinski definition) is 0. The fourth-order valence-corrected chi connectivity index (χ4v) is 10.5. The molecule has 0 radical (unpaired) electrons. The first kappa shape index (κ1) is 32.9. The summed E-state index contributed by atoms with van der Waals surface area (Å²) < 4.78 is 5.32. The monoisotopic (exact) mass is 730 g/mol. The second-order valence-corrected chi connectivity index (χ2v) is 18.5. The molecular weight excluding hydrogens is 687 g/mol. The van der Waals surface area contributed by atoms with Crippen molar-refractivity contribution in [2.75, 3.05) is 0 Å². The van der Waals surface area contributed by atoms with Gasteiger partial charge in [0.2, 0.25) is 0 Å². The van der Waals surface area contributed by atoms with Crippen LogP contribution in [0.2, 0.25) is 0 Å². The molecule has 272 valence electrons. The quantitative estimate of drug-likeness (QED) is 0.124. The van der Waals surface area contributed by atoms with E-state index in [2.05, 4.69) is 202 Å². The van der Waals surface area contributed by atoms with Crippen molar-refractivity contribution in [1.29, 1.82) is 0 Å². The Morgan fingerprint density at radius 1 is 0.421 bits per heavy atom. The molecule has 4 heterocycles. The molecule has 0 atom stereocenters. The molecule has 0 bridgehead atoms. The third-order valence-electron chi connectivity index (χ3n) is 13.2. The number of rotatable bonds is 2. The minimum Gasteiger partial charge on any atom is -0.310 e. The molecule has 2 nitrogen and oxygen atoms in total. The summed E-state index contributed by atoms with van der Waals surface area (Å²) in [4.78, 5) is 0. The molecule has 0 fully saturated rings. The fraction of sp³-hybridized carbons (Fsp3) is 0.148. The van der Waals surface area contributed by atoms with E-state index < -0.39 is 0 Å². The number of hydrogen-bond acceptors (Lipinski definition) is 0. The molecule has 2 aromatic heterocycles. The van der Waals surface area contributed by atoms with E-state index in [1.54, 1.807) is 0 Å². The third-order valence-corrected chi connectivity index (χ3v) is 13.2. The van der Waals surface area contributed by atoms with Crippen molar-refractivity contribution < 1.29 is 0 Å². The maximum atomic E-state index is 2.67. The molecule has 10 aromatic rings. The molecular formula is C54H43BN2. The van der Waals surface area contributed by atoms with Crippen LogP contribution in [0.25, 0.3) is 88.0 Å². The minimum absolute atomic E-state index is 0.00662. The Balaban J connectivity index is 1.35. The van der Waals surface area contributed by atoms with Gasteiger partial charge in [-0.25, -0.2) is 0 Å². The maximum absolute atomic E-state index is 2.67. The lowest BCUT2D eigenvalue weighted by Crippen LogP contribution is -2.59. The lowest BCUT2D eigenvalue weighted by atomic mass is 9.33. The van der Waals surface area contributed by atoms with E-state index in [9.17, 15) is 0 Å². The molecule has 3 heteroatoms. The molecule has 0 N–H and O–H groups in total. The third kappa shape index (κ3) is 4.38. The van der Waals surface area contributed by atoms with Crippen molar-refractivity contribution in [2.45, 2.75) is 52.4 Å². The Bertz CT molecular complexity index is 3350. The van der Waals surface area contributed by atoms with E-state index in [0.29, 0.717) is 0 Å². The summed E-state index contributed by atoms with van der Waals surface area (Å²) in [6, 6.07) is 57.8. The molecule has 12 rings (SSSR count). The van der Waals surface area contributed by atoms with Crippen LogP contribution in [0.15, 0.2) is 152 Å². The topological polar surface area (TPSA) is 9.86 Å². The summed E-state index contributed by atoms with van der Waals surface area (Å²) in [6.45, 7) is 14.1. The van der Waals surface area contributed by atoms with Crippen LogP contribution in [0.5, 0.6) is 0 Å². The molecule has 0 saturated carbocycles. The highest BCUT2D eigenvalue weighted by atomic mass is 15.0. The van der Waals surface area contributed by atoms with E-state index in [1.807, 2.05) is 0 Å². The molecule has 0 amide bonds. The first-order valence-electron chi connectivity index (χ1n) is 20.5. The van der Waals surface area contributed by atoms with Gasteiger partial charge < -0.3 is 9.13 Å². The molecule has 57 heavy (non-hydrogen) atoms. The van der Waals surface area contributed by atoms with Crippen LogP contribution < -0.4 is 16.4 Å². The standard InChI is InChI=1S/C54H43BN2/c1-53(2,3)35-25-27-38-42-31-41-37-21-14-13-16-32(37)24-26-39(41)48-52(42)56(44(38)28-35)45-29-36(54(4,5)6)30-46-49(45)55(48)43-23-15-22-40-47(33-17-9-7-10-18-33)50(57(46)51(40)43)34-19-11-8-12-20-34/h7-31H,1-6H3. The van der Waals surface area contributed by atoms with Gasteiger partial charge in [0.25, 0.3) is 6.71 Å². The number of para-hydroxylation sites is 1. The molecule has 0 aliphatic carbocycles. The van der Waals surface area contributed by atoms with E-state index in [0.717, 1.165) is 0 Å². The van der Waals surface area contributed by atoms with Crippen LogP contribution in [0, 0.1) is 0 Å². The zero-order valence-electron chi connectivity index (χ0n) is 33.4. The van der Waals surface area contributed by atoms with Gasteiger partial charge in [0.15, 0.2) is 0 Å². The van der Waals surface area contributed by atoms with Crippen LogP contribution in [0.1, 0.15) is 52.7 Å². The van der Waals surface area contributed by atoms with Crippen LogP contribution in [0.3, 0.4) is 0 Å². The highest BCUT2D eigenvalue weighted by Gasteiger charge is 2.43. The Morgan fingerprint density at radius 3 is 1.81 bits per heavy atom. The van der Waals surface area contributed by atoms with Gasteiger partial charge in [0, 0.05) is 44.1 Å². The average Bonchev–Trinajstić information content (AvgIpc) is 3.74. The largest absolute Gasteiger partial charge is 0.310 e. The first-order valence-corrected chi connectivity index (χ1v) is 20.5. The van der Waals surface area contributed by atoms with Gasteiger partial charge in [-0.05, 0) is 95.3 Å². The lowest BCUT2D eigenvalue weighted by Gasteiger charge is -2.36. The summed E-state index contributed by atoms with van der Waals surface area (Å²) >= 11 is 0. The Morgan fingerprint density at radius 2 is 1.07 bits per heavy atom. The summed E-state index contributed by atoms with van der Waals surface area (Å²) in [7, 11) is 0. The second kappa shape index (κ2) is 11.2. The minimum atomic E-state index is -0.0827. The molecule has 0 saturated heterocycles. The number of fused-ring (bicyclic) bond motifs is 11. The summed E-state index contributed by atoms with van der Waals surface area (Å²) in [5.41, 5.74) is 18.4. The lowest BCUT2D eigenvalue weighted by molar-refractivity contribution is 0.589. The Hall–Kier alpha value is -6.32. The highest BCUT2D eigenvalue weighted by molar-refractivity contribution is 7.01. The van der Waals surface area contributed by atoms with Crippen molar-refractivity contribution >= 4 is 77.4 Å².